The Morgan fingerprint density at radius 1 is 1.48 bits per heavy atom. The second kappa shape index (κ2) is 6.37. The van der Waals surface area contributed by atoms with Crippen molar-refractivity contribution in [2.75, 3.05) is 13.1 Å². The number of hydrogen-bond acceptors (Lipinski definition) is 6. The van der Waals surface area contributed by atoms with Gasteiger partial charge in [-0.25, -0.2) is 13.1 Å². The first-order valence-corrected chi connectivity index (χ1v) is 8.09. The maximum Gasteiger partial charge on any atom is 0.312 e. The van der Waals surface area contributed by atoms with Crippen molar-refractivity contribution in [3.8, 4) is 5.75 Å². The zero-order valence-electron chi connectivity index (χ0n) is 11.3. The molecule has 0 aliphatic carbocycles. The normalized spacial score (nSPS) is 18.8. The molecule has 0 spiro atoms. The smallest absolute Gasteiger partial charge is 0.312 e. The highest BCUT2D eigenvalue weighted by atomic mass is 32.2. The van der Waals surface area contributed by atoms with Crippen molar-refractivity contribution in [1.82, 2.24) is 10.0 Å². The fourth-order valence-corrected chi connectivity index (χ4v) is 3.34. The Balaban J connectivity index is 2.04. The Labute approximate surface area is 122 Å². The van der Waals surface area contributed by atoms with E-state index in [1.807, 2.05) is 0 Å². The Hall–Kier alpha value is -1.71. The zero-order valence-corrected chi connectivity index (χ0v) is 12.1. The van der Waals surface area contributed by atoms with Gasteiger partial charge in [0.1, 0.15) is 0 Å². The largest absolute Gasteiger partial charge is 0.502 e. The van der Waals surface area contributed by atoms with Crippen LogP contribution in [0.5, 0.6) is 5.75 Å². The molecule has 1 aliphatic rings. The van der Waals surface area contributed by atoms with Gasteiger partial charge in [-0.05, 0) is 37.9 Å². The number of aromatic hydroxyl groups is 1. The molecule has 0 bridgehead atoms. The van der Waals surface area contributed by atoms with Crippen LogP contribution in [0.1, 0.15) is 19.3 Å². The molecule has 1 fully saturated rings. The lowest BCUT2D eigenvalue weighted by molar-refractivity contribution is -0.386. The van der Waals surface area contributed by atoms with Crippen molar-refractivity contribution in [2.45, 2.75) is 30.2 Å². The predicted molar refractivity (Wildman–Crippen MR) is 75.6 cm³/mol. The zero-order chi connectivity index (χ0) is 15.5. The van der Waals surface area contributed by atoms with E-state index < -0.39 is 26.4 Å². The molecule has 1 aromatic rings. The number of nitrogens with zero attached hydrogens (tertiary/aromatic N) is 1. The second-order valence-electron chi connectivity index (χ2n) is 4.89. The molecule has 116 valence electrons. The minimum Gasteiger partial charge on any atom is -0.502 e. The van der Waals surface area contributed by atoms with Crippen molar-refractivity contribution in [3.05, 3.63) is 28.3 Å². The number of nitrogens with one attached hydrogen (secondary N) is 2. The van der Waals surface area contributed by atoms with Gasteiger partial charge < -0.3 is 10.4 Å². The monoisotopic (exact) mass is 315 g/mol. The third-order valence-electron chi connectivity index (χ3n) is 3.40. The first kappa shape index (κ1) is 15.7. The molecule has 1 atom stereocenters. The van der Waals surface area contributed by atoms with Crippen molar-refractivity contribution in [3.63, 3.8) is 0 Å². The summed E-state index contributed by atoms with van der Waals surface area (Å²) in [6.07, 6.45) is 2.77. The lowest BCUT2D eigenvalue weighted by atomic mass is 10.2. The number of nitro groups is 1. The van der Waals surface area contributed by atoms with E-state index in [4.69, 9.17) is 0 Å². The van der Waals surface area contributed by atoms with Gasteiger partial charge in [0, 0.05) is 18.7 Å². The fourth-order valence-electron chi connectivity index (χ4n) is 2.27. The Bertz CT molecular complexity index is 626. The van der Waals surface area contributed by atoms with Gasteiger partial charge in [0.25, 0.3) is 0 Å². The SMILES string of the molecule is O=[N+]([O-])c1cc(S(=O)(=O)NCCC2CCCN2)ccc1O. The van der Waals surface area contributed by atoms with E-state index in [9.17, 15) is 23.6 Å². The van der Waals surface area contributed by atoms with Crippen LogP contribution in [0.2, 0.25) is 0 Å². The van der Waals surface area contributed by atoms with E-state index in [2.05, 4.69) is 10.0 Å². The highest BCUT2D eigenvalue weighted by Gasteiger charge is 2.21. The molecule has 1 heterocycles. The molecule has 0 radical (unpaired) electrons. The van der Waals surface area contributed by atoms with Crippen molar-refractivity contribution in [2.24, 2.45) is 0 Å². The van der Waals surface area contributed by atoms with Crippen LogP contribution < -0.4 is 10.0 Å². The predicted octanol–water partition coefficient (Wildman–Crippen LogP) is 0.721. The summed E-state index contributed by atoms with van der Waals surface area (Å²) >= 11 is 0. The number of phenolic OH excluding ortho intramolecular Hbond substituents is 1. The van der Waals surface area contributed by atoms with Crippen molar-refractivity contribution >= 4 is 15.7 Å². The Kier molecular flexibility index (Phi) is 4.76. The maximum absolute atomic E-state index is 12.1. The van der Waals surface area contributed by atoms with Gasteiger partial charge in [-0.15, -0.1) is 0 Å². The van der Waals surface area contributed by atoms with E-state index in [1.165, 1.54) is 0 Å². The lowest BCUT2D eigenvalue weighted by Gasteiger charge is -2.11. The standard InChI is InChI=1S/C12H17N3O5S/c16-12-4-3-10(8-11(12)15(17)18)21(19,20)14-7-5-9-2-1-6-13-9/h3-4,8-9,13-14,16H,1-2,5-7H2. The molecule has 0 saturated carbocycles. The van der Waals surface area contributed by atoms with Crippen LogP contribution in [0.4, 0.5) is 5.69 Å². The number of rotatable bonds is 6. The quantitative estimate of drug-likeness (QED) is 0.525. The summed E-state index contributed by atoms with van der Waals surface area (Å²) < 4.78 is 26.5. The summed E-state index contributed by atoms with van der Waals surface area (Å²) in [5.41, 5.74) is -0.629. The molecule has 1 aliphatic heterocycles. The molecule has 1 unspecified atom stereocenters. The first-order chi connectivity index (χ1) is 9.90. The number of phenols is 1. The van der Waals surface area contributed by atoms with Gasteiger partial charge >= 0.3 is 5.69 Å². The Morgan fingerprint density at radius 2 is 2.24 bits per heavy atom. The third-order valence-corrected chi connectivity index (χ3v) is 4.86. The first-order valence-electron chi connectivity index (χ1n) is 6.60. The molecule has 1 saturated heterocycles. The van der Waals surface area contributed by atoms with Crippen LogP contribution in [-0.2, 0) is 10.0 Å². The number of hydrogen-bond donors (Lipinski definition) is 3. The molecule has 3 N–H and O–H groups in total. The molecule has 8 nitrogen and oxygen atoms in total. The van der Waals surface area contributed by atoms with E-state index in [1.54, 1.807) is 0 Å². The van der Waals surface area contributed by atoms with Crippen LogP contribution in [0.25, 0.3) is 0 Å². The minimum absolute atomic E-state index is 0.230. The average molecular weight is 315 g/mol. The maximum atomic E-state index is 12.1. The van der Waals surface area contributed by atoms with E-state index >= 15 is 0 Å². The summed E-state index contributed by atoms with van der Waals surface area (Å²) in [5, 5.41) is 23.3. The summed E-state index contributed by atoms with van der Waals surface area (Å²) in [5.74, 6) is -0.561. The highest BCUT2D eigenvalue weighted by Crippen LogP contribution is 2.28. The van der Waals surface area contributed by atoms with Gasteiger partial charge in [0.15, 0.2) is 5.75 Å². The van der Waals surface area contributed by atoms with Crippen LogP contribution in [0.15, 0.2) is 23.1 Å². The number of sulfonamides is 1. The lowest BCUT2D eigenvalue weighted by Crippen LogP contribution is -2.30. The summed E-state index contributed by atoms with van der Waals surface area (Å²) in [6, 6.07) is 3.30. The van der Waals surface area contributed by atoms with Gasteiger partial charge in [0.05, 0.1) is 9.82 Å². The molecule has 0 amide bonds. The second-order valence-corrected chi connectivity index (χ2v) is 6.65. The van der Waals surface area contributed by atoms with Gasteiger partial charge in [0.2, 0.25) is 10.0 Å². The van der Waals surface area contributed by atoms with Crippen molar-refractivity contribution < 1.29 is 18.4 Å². The summed E-state index contributed by atoms with van der Waals surface area (Å²) in [7, 11) is -3.82. The molecule has 9 heteroatoms. The molecule has 21 heavy (non-hydrogen) atoms. The molecule has 0 aromatic heterocycles. The molecule has 1 aromatic carbocycles. The van der Waals surface area contributed by atoms with Crippen LogP contribution in [0.3, 0.4) is 0 Å². The highest BCUT2D eigenvalue weighted by molar-refractivity contribution is 7.89. The van der Waals surface area contributed by atoms with Crippen LogP contribution in [0, 0.1) is 10.1 Å². The van der Waals surface area contributed by atoms with Gasteiger partial charge in [-0.1, -0.05) is 0 Å². The summed E-state index contributed by atoms with van der Waals surface area (Å²) in [4.78, 5) is 9.66. The van der Waals surface area contributed by atoms with Crippen LogP contribution in [-0.4, -0.2) is 37.6 Å². The third kappa shape index (κ3) is 3.90. The minimum atomic E-state index is -3.82. The van der Waals surface area contributed by atoms with E-state index in [-0.39, 0.29) is 11.4 Å². The number of benzene rings is 1. The van der Waals surface area contributed by atoms with Crippen LogP contribution >= 0.6 is 0 Å². The number of nitro benzene ring substituents is 1. The molecular weight excluding hydrogens is 298 g/mol. The fraction of sp³-hybridized carbons (Fsp3) is 0.500. The summed E-state index contributed by atoms with van der Waals surface area (Å²) in [6.45, 7) is 1.20. The van der Waals surface area contributed by atoms with Gasteiger partial charge in [-0.2, -0.15) is 0 Å². The van der Waals surface area contributed by atoms with E-state index in [0.29, 0.717) is 12.5 Å². The van der Waals surface area contributed by atoms with Crippen molar-refractivity contribution in [1.29, 1.82) is 0 Å². The average Bonchev–Trinajstić information content (AvgIpc) is 2.91. The molecule has 2 rings (SSSR count). The van der Waals surface area contributed by atoms with E-state index in [0.717, 1.165) is 37.6 Å². The Morgan fingerprint density at radius 3 is 2.86 bits per heavy atom. The molecular formula is C12H17N3O5S. The topological polar surface area (TPSA) is 122 Å². The van der Waals surface area contributed by atoms with Gasteiger partial charge in [-0.3, -0.25) is 10.1 Å².